The van der Waals surface area contributed by atoms with Gasteiger partial charge in [-0.2, -0.15) is 0 Å². The highest BCUT2D eigenvalue weighted by Crippen LogP contribution is 2.27. The summed E-state index contributed by atoms with van der Waals surface area (Å²) in [5.41, 5.74) is 2.57. The molecule has 0 N–H and O–H groups in total. The van der Waals surface area contributed by atoms with Crippen LogP contribution in [0.4, 0.5) is 4.39 Å². The highest BCUT2D eigenvalue weighted by atomic mass is 35.5. The second-order valence-electron chi connectivity index (χ2n) is 4.31. The monoisotopic (exact) mass is 272 g/mol. The van der Waals surface area contributed by atoms with Gasteiger partial charge < -0.3 is 0 Å². The van der Waals surface area contributed by atoms with Crippen molar-refractivity contribution in [3.05, 3.63) is 59.0 Å². The van der Waals surface area contributed by atoms with E-state index in [1.807, 2.05) is 25.1 Å². The molecule has 94 valence electrons. The first-order valence-electron chi connectivity index (χ1n) is 5.84. The van der Waals surface area contributed by atoms with Crippen molar-refractivity contribution >= 4 is 22.5 Å². The summed E-state index contributed by atoms with van der Waals surface area (Å²) in [6.07, 6.45) is 0. The zero-order valence-electron chi connectivity index (χ0n) is 10.2. The number of hydrogen-bond acceptors (Lipinski definition) is 2. The number of benzene rings is 2. The molecule has 0 saturated carbocycles. The molecule has 3 rings (SSSR count). The van der Waals surface area contributed by atoms with Crippen molar-refractivity contribution in [3.8, 4) is 11.4 Å². The van der Waals surface area contributed by atoms with Crippen LogP contribution in [0.5, 0.6) is 0 Å². The number of nitrogens with zero attached hydrogens (tertiary/aromatic N) is 2. The average molecular weight is 273 g/mol. The molecule has 0 unspecified atom stereocenters. The Morgan fingerprint density at radius 3 is 2.47 bits per heavy atom. The van der Waals surface area contributed by atoms with Gasteiger partial charge in [-0.15, -0.1) is 0 Å². The second kappa shape index (κ2) is 4.59. The normalized spacial score (nSPS) is 10.9. The highest BCUT2D eigenvalue weighted by Gasteiger charge is 2.09. The number of halogens is 2. The molecule has 0 saturated heterocycles. The molecule has 1 heterocycles. The molecule has 1 aromatic heterocycles. The zero-order chi connectivity index (χ0) is 13.4. The number of hydrogen-bond donors (Lipinski definition) is 0. The molecule has 4 heteroatoms. The van der Waals surface area contributed by atoms with Gasteiger partial charge in [0.25, 0.3) is 0 Å². The van der Waals surface area contributed by atoms with Gasteiger partial charge in [-0.05, 0) is 42.8 Å². The molecule has 0 bridgehead atoms. The highest BCUT2D eigenvalue weighted by molar-refractivity contribution is 6.34. The quantitative estimate of drug-likeness (QED) is 0.614. The molecule has 2 aromatic carbocycles. The van der Waals surface area contributed by atoms with Crippen LogP contribution in [-0.4, -0.2) is 9.97 Å². The van der Waals surface area contributed by atoms with Crippen molar-refractivity contribution in [2.24, 2.45) is 0 Å². The lowest BCUT2D eigenvalue weighted by atomic mass is 10.1. The lowest BCUT2D eigenvalue weighted by molar-refractivity contribution is 0.628. The van der Waals surface area contributed by atoms with E-state index in [0.29, 0.717) is 11.0 Å². The largest absolute Gasteiger partial charge is 0.228 e. The lowest BCUT2D eigenvalue weighted by Gasteiger charge is -2.06. The third-order valence-electron chi connectivity index (χ3n) is 2.99. The molecule has 0 aliphatic heterocycles. The van der Waals surface area contributed by atoms with Crippen LogP contribution in [-0.2, 0) is 0 Å². The predicted octanol–water partition coefficient (Wildman–Crippen LogP) is 4.40. The van der Waals surface area contributed by atoms with E-state index >= 15 is 0 Å². The number of rotatable bonds is 1. The standard InChI is InChI=1S/C15H10ClFN2/c1-9-3-2-4-12-13(9)14(16)19-15(18-12)10-5-7-11(17)8-6-10/h2-8H,1H3. The van der Waals surface area contributed by atoms with Crippen LogP contribution in [0.25, 0.3) is 22.3 Å². The van der Waals surface area contributed by atoms with E-state index in [4.69, 9.17) is 11.6 Å². The van der Waals surface area contributed by atoms with Gasteiger partial charge in [-0.25, -0.2) is 14.4 Å². The molecule has 0 fully saturated rings. The minimum absolute atomic E-state index is 0.286. The fraction of sp³-hybridized carbons (Fsp3) is 0.0667. The molecular formula is C15H10ClFN2. The maximum Gasteiger partial charge on any atom is 0.161 e. The topological polar surface area (TPSA) is 25.8 Å². The maximum atomic E-state index is 12.9. The van der Waals surface area contributed by atoms with E-state index < -0.39 is 0 Å². The van der Waals surface area contributed by atoms with E-state index in [0.717, 1.165) is 22.0 Å². The molecule has 2 nitrogen and oxygen atoms in total. The minimum Gasteiger partial charge on any atom is -0.228 e. The number of aromatic nitrogens is 2. The van der Waals surface area contributed by atoms with Crippen molar-refractivity contribution in [1.82, 2.24) is 9.97 Å². The first-order chi connectivity index (χ1) is 9.15. The van der Waals surface area contributed by atoms with E-state index in [1.165, 1.54) is 12.1 Å². The van der Waals surface area contributed by atoms with Crippen LogP contribution in [0, 0.1) is 12.7 Å². The van der Waals surface area contributed by atoms with Gasteiger partial charge >= 0.3 is 0 Å². The summed E-state index contributed by atoms with van der Waals surface area (Å²) in [6.45, 7) is 1.97. The third kappa shape index (κ3) is 2.17. The summed E-state index contributed by atoms with van der Waals surface area (Å²) >= 11 is 6.22. The first-order valence-corrected chi connectivity index (χ1v) is 6.22. The zero-order valence-corrected chi connectivity index (χ0v) is 10.9. The molecule has 0 atom stereocenters. The number of fused-ring (bicyclic) bond motifs is 1. The maximum absolute atomic E-state index is 12.9. The molecule has 0 aliphatic rings. The predicted molar refractivity (Wildman–Crippen MR) is 74.7 cm³/mol. The minimum atomic E-state index is -0.286. The summed E-state index contributed by atoms with van der Waals surface area (Å²) in [7, 11) is 0. The third-order valence-corrected chi connectivity index (χ3v) is 3.26. The Hall–Kier alpha value is -2.00. The van der Waals surface area contributed by atoms with E-state index in [1.54, 1.807) is 12.1 Å². The molecule has 3 aromatic rings. The van der Waals surface area contributed by atoms with E-state index in [2.05, 4.69) is 9.97 Å². The molecule has 0 amide bonds. The van der Waals surface area contributed by atoms with Crippen LogP contribution in [0.2, 0.25) is 5.15 Å². The van der Waals surface area contributed by atoms with Crippen LogP contribution >= 0.6 is 11.6 Å². The first kappa shape index (κ1) is 12.1. The van der Waals surface area contributed by atoms with Crippen LogP contribution < -0.4 is 0 Å². The van der Waals surface area contributed by atoms with Crippen molar-refractivity contribution < 1.29 is 4.39 Å². The van der Waals surface area contributed by atoms with E-state index in [-0.39, 0.29) is 5.82 Å². The van der Waals surface area contributed by atoms with Gasteiger partial charge in [0.05, 0.1) is 5.52 Å². The van der Waals surface area contributed by atoms with Crippen molar-refractivity contribution in [2.75, 3.05) is 0 Å². The Morgan fingerprint density at radius 2 is 1.74 bits per heavy atom. The van der Waals surface area contributed by atoms with Crippen molar-refractivity contribution in [2.45, 2.75) is 6.92 Å². The Labute approximate surface area is 114 Å². The Morgan fingerprint density at radius 1 is 1.00 bits per heavy atom. The van der Waals surface area contributed by atoms with E-state index in [9.17, 15) is 4.39 Å². The fourth-order valence-corrected chi connectivity index (χ4v) is 2.36. The van der Waals surface area contributed by atoms with Gasteiger partial charge in [0.2, 0.25) is 0 Å². The number of aryl methyl sites for hydroxylation is 1. The van der Waals surface area contributed by atoms with Crippen molar-refractivity contribution in [1.29, 1.82) is 0 Å². The van der Waals surface area contributed by atoms with Gasteiger partial charge in [-0.3, -0.25) is 0 Å². The summed E-state index contributed by atoms with van der Waals surface area (Å²) in [5.74, 6) is 0.217. The fourth-order valence-electron chi connectivity index (χ4n) is 2.03. The smallest absolute Gasteiger partial charge is 0.161 e. The molecule has 19 heavy (non-hydrogen) atoms. The molecule has 0 aliphatic carbocycles. The Kier molecular flexibility index (Phi) is 2.91. The van der Waals surface area contributed by atoms with Gasteiger partial charge in [0.1, 0.15) is 11.0 Å². The summed E-state index contributed by atoms with van der Waals surface area (Å²) in [6, 6.07) is 11.8. The second-order valence-corrected chi connectivity index (χ2v) is 4.67. The van der Waals surface area contributed by atoms with Crippen molar-refractivity contribution in [3.63, 3.8) is 0 Å². The average Bonchev–Trinajstić information content (AvgIpc) is 2.39. The molecule has 0 radical (unpaired) electrons. The van der Waals surface area contributed by atoms with Gasteiger partial charge in [0.15, 0.2) is 5.82 Å². The van der Waals surface area contributed by atoms with Crippen LogP contribution in [0.3, 0.4) is 0 Å². The lowest BCUT2D eigenvalue weighted by Crippen LogP contribution is -1.93. The van der Waals surface area contributed by atoms with Crippen LogP contribution in [0.1, 0.15) is 5.56 Å². The Bertz CT molecular complexity index is 754. The van der Waals surface area contributed by atoms with Gasteiger partial charge in [0, 0.05) is 10.9 Å². The summed E-state index contributed by atoms with van der Waals surface area (Å²) in [5, 5.41) is 1.28. The summed E-state index contributed by atoms with van der Waals surface area (Å²) in [4.78, 5) is 8.77. The molecular weight excluding hydrogens is 263 g/mol. The molecule has 0 spiro atoms. The summed E-state index contributed by atoms with van der Waals surface area (Å²) < 4.78 is 12.9. The van der Waals surface area contributed by atoms with Gasteiger partial charge in [-0.1, -0.05) is 23.7 Å². The Balaban J connectivity index is 2.24. The van der Waals surface area contributed by atoms with Crippen LogP contribution in [0.15, 0.2) is 42.5 Å². The SMILES string of the molecule is Cc1cccc2nc(-c3ccc(F)cc3)nc(Cl)c12.